The molecule has 1 aromatic carbocycles. The van der Waals surface area contributed by atoms with Crippen LogP contribution in [0.4, 0.5) is 0 Å². The van der Waals surface area contributed by atoms with Gasteiger partial charge in [0.05, 0.1) is 0 Å². The topological polar surface area (TPSA) is 38.0 Å². The van der Waals surface area contributed by atoms with Crippen LogP contribution in [0, 0.1) is 0 Å². The zero-order valence-corrected chi connectivity index (χ0v) is 8.22. The predicted molar refractivity (Wildman–Crippen MR) is 54.2 cm³/mol. The molecular formula is C11H16N2. The monoisotopic (exact) mass is 176 g/mol. The molecule has 13 heavy (non-hydrogen) atoms. The lowest BCUT2D eigenvalue weighted by Gasteiger charge is -2.19. The van der Waals surface area contributed by atoms with Crippen LogP contribution in [0.15, 0.2) is 18.2 Å². The summed E-state index contributed by atoms with van der Waals surface area (Å²) in [6.07, 6.45) is 0. The van der Waals surface area contributed by atoms with E-state index in [0.717, 1.165) is 13.1 Å². The summed E-state index contributed by atoms with van der Waals surface area (Å²) in [5, 5.41) is 3.33. The normalized spacial score (nSPS) is 15.9. The van der Waals surface area contributed by atoms with E-state index in [1.54, 1.807) is 0 Å². The molecule has 0 spiro atoms. The van der Waals surface area contributed by atoms with Gasteiger partial charge in [-0.3, -0.25) is 0 Å². The summed E-state index contributed by atoms with van der Waals surface area (Å²) in [6.45, 7) is 6.06. The summed E-state index contributed by atoms with van der Waals surface area (Å²) in [4.78, 5) is 0. The minimum atomic E-state index is -0.225. The highest BCUT2D eigenvalue weighted by Crippen LogP contribution is 2.22. The largest absolute Gasteiger partial charge is 0.322 e. The van der Waals surface area contributed by atoms with Gasteiger partial charge in [-0.25, -0.2) is 0 Å². The number of rotatable bonds is 1. The van der Waals surface area contributed by atoms with Gasteiger partial charge in [0.2, 0.25) is 0 Å². The van der Waals surface area contributed by atoms with Gasteiger partial charge >= 0.3 is 0 Å². The molecule has 0 fully saturated rings. The molecule has 1 aliphatic heterocycles. The minimum Gasteiger partial charge on any atom is -0.322 e. The summed E-state index contributed by atoms with van der Waals surface area (Å²) in [5.41, 5.74) is 9.83. The summed E-state index contributed by atoms with van der Waals surface area (Å²) in [7, 11) is 0. The molecule has 1 heterocycles. The van der Waals surface area contributed by atoms with Gasteiger partial charge < -0.3 is 11.1 Å². The van der Waals surface area contributed by atoms with E-state index in [1.165, 1.54) is 16.7 Å². The van der Waals surface area contributed by atoms with E-state index in [4.69, 9.17) is 5.73 Å². The molecule has 0 radical (unpaired) electrons. The van der Waals surface area contributed by atoms with Crippen LogP contribution in [-0.2, 0) is 18.6 Å². The van der Waals surface area contributed by atoms with Gasteiger partial charge in [-0.15, -0.1) is 0 Å². The summed E-state index contributed by atoms with van der Waals surface area (Å²) < 4.78 is 0. The maximum Gasteiger partial charge on any atom is 0.0352 e. The molecule has 0 amide bonds. The molecule has 70 valence electrons. The van der Waals surface area contributed by atoms with Crippen molar-refractivity contribution >= 4 is 0 Å². The molecule has 2 nitrogen and oxygen atoms in total. The van der Waals surface area contributed by atoms with Crippen molar-refractivity contribution in [1.29, 1.82) is 0 Å². The summed E-state index contributed by atoms with van der Waals surface area (Å²) >= 11 is 0. The third-order valence-corrected chi connectivity index (χ3v) is 2.58. The van der Waals surface area contributed by atoms with E-state index in [0.29, 0.717) is 0 Å². The number of hydrogen-bond donors (Lipinski definition) is 2. The molecule has 0 unspecified atom stereocenters. The zero-order valence-electron chi connectivity index (χ0n) is 8.22. The third-order valence-electron chi connectivity index (χ3n) is 2.58. The molecule has 0 atom stereocenters. The zero-order chi connectivity index (χ0) is 9.47. The molecule has 3 N–H and O–H groups in total. The van der Waals surface area contributed by atoms with Gasteiger partial charge in [0.25, 0.3) is 0 Å². The number of nitrogens with one attached hydrogen (secondary N) is 1. The Kier molecular flexibility index (Phi) is 1.90. The maximum absolute atomic E-state index is 6.03. The quantitative estimate of drug-likeness (QED) is 0.680. The number of hydrogen-bond acceptors (Lipinski definition) is 2. The van der Waals surface area contributed by atoms with Crippen molar-refractivity contribution in [2.75, 3.05) is 0 Å². The Balaban J connectivity index is 2.42. The van der Waals surface area contributed by atoms with Gasteiger partial charge in [-0.05, 0) is 30.5 Å². The van der Waals surface area contributed by atoms with Crippen molar-refractivity contribution in [2.24, 2.45) is 5.73 Å². The predicted octanol–water partition coefficient (Wildman–Crippen LogP) is 1.48. The molecule has 1 aliphatic rings. The van der Waals surface area contributed by atoms with Crippen LogP contribution in [-0.4, -0.2) is 0 Å². The lowest BCUT2D eigenvalue weighted by atomic mass is 9.93. The van der Waals surface area contributed by atoms with Crippen molar-refractivity contribution in [2.45, 2.75) is 32.5 Å². The fourth-order valence-electron chi connectivity index (χ4n) is 1.70. The van der Waals surface area contributed by atoms with Crippen molar-refractivity contribution in [3.8, 4) is 0 Å². The van der Waals surface area contributed by atoms with Crippen molar-refractivity contribution in [3.05, 3.63) is 34.9 Å². The highest BCUT2D eigenvalue weighted by molar-refractivity contribution is 5.37. The van der Waals surface area contributed by atoms with E-state index in [-0.39, 0.29) is 5.54 Å². The van der Waals surface area contributed by atoms with Crippen molar-refractivity contribution in [3.63, 3.8) is 0 Å². The standard InChI is InChI=1S/C11H16N2/c1-11(2,12)10-4-3-8-6-13-7-9(8)5-10/h3-5,13H,6-7,12H2,1-2H3. The van der Waals surface area contributed by atoms with Gasteiger partial charge in [-0.1, -0.05) is 18.2 Å². The Morgan fingerprint density at radius 3 is 2.62 bits per heavy atom. The first-order chi connectivity index (χ1) is 6.07. The Labute approximate surface area is 79.1 Å². The van der Waals surface area contributed by atoms with Crippen LogP contribution < -0.4 is 11.1 Å². The molecule has 0 saturated carbocycles. The molecule has 0 bridgehead atoms. The SMILES string of the molecule is CC(C)(N)c1ccc2c(c1)CNC2. The van der Waals surface area contributed by atoms with Gasteiger partial charge in [0.1, 0.15) is 0 Å². The van der Waals surface area contributed by atoms with Crippen LogP contribution in [0.2, 0.25) is 0 Å². The Bertz CT molecular complexity index is 323. The van der Waals surface area contributed by atoms with Crippen LogP contribution in [0.1, 0.15) is 30.5 Å². The lowest BCUT2D eigenvalue weighted by Crippen LogP contribution is -2.28. The summed E-state index contributed by atoms with van der Waals surface area (Å²) in [5.74, 6) is 0. The number of fused-ring (bicyclic) bond motifs is 1. The van der Waals surface area contributed by atoms with Gasteiger partial charge in [-0.2, -0.15) is 0 Å². The van der Waals surface area contributed by atoms with Gasteiger partial charge in [0.15, 0.2) is 0 Å². The second-order valence-corrected chi connectivity index (χ2v) is 4.31. The molecular weight excluding hydrogens is 160 g/mol. The van der Waals surface area contributed by atoms with E-state index in [1.807, 2.05) is 13.8 Å². The highest BCUT2D eigenvalue weighted by atomic mass is 14.9. The smallest absolute Gasteiger partial charge is 0.0352 e. The third kappa shape index (κ3) is 1.60. The molecule has 2 heteroatoms. The van der Waals surface area contributed by atoms with E-state index in [2.05, 4.69) is 23.5 Å². The van der Waals surface area contributed by atoms with Crippen molar-refractivity contribution < 1.29 is 0 Å². The van der Waals surface area contributed by atoms with Crippen molar-refractivity contribution in [1.82, 2.24) is 5.32 Å². The lowest BCUT2D eigenvalue weighted by molar-refractivity contribution is 0.553. The Morgan fingerprint density at radius 2 is 1.92 bits per heavy atom. The van der Waals surface area contributed by atoms with Crippen LogP contribution in [0.5, 0.6) is 0 Å². The number of benzene rings is 1. The number of nitrogens with two attached hydrogens (primary N) is 1. The fraction of sp³-hybridized carbons (Fsp3) is 0.455. The molecule has 2 rings (SSSR count). The first-order valence-corrected chi connectivity index (χ1v) is 4.69. The van der Waals surface area contributed by atoms with Crippen LogP contribution in [0.3, 0.4) is 0 Å². The molecule has 0 aliphatic carbocycles. The molecule has 0 saturated heterocycles. The first kappa shape index (κ1) is 8.73. The average molecular weight is 176 g/mol. The van der Waals surface area contributed by atoms with Gasteiger partial charge in [0, 0.05) is 18.6 Å². The molecule has 0 aromatic heterocycles. The van der Waals surface area contributed by atoms with Crippen LogP contribution >= 0.6 is 0 Å². The summed E-state index contributed by atoms with van der Waals surface area (Å²) in [6, 6.07) is 6.53. The highest BCUT2D eigenvalue weighted by Gasteiger charge is 2.17. The second kappa shape index (κ2) is 2.82. The van der Waals surface area contributed by atoms with E-state index >= 15 is 0 Å². The fourth-order valence-corrected chi connectivity index (χ4v) is 1.70. The van der Waals surface area contributed by atoms with E-state index < -0.39 is 0 Å². The van der Waals surface area contributed by atoms with Crippen LogP contribution in [0.25, 0.3) is 0 Å². The molecule has 1 aromatic rings. The Morgan fingerprint density at radius 1 is 1.23 bits per heavy atom. The Hall–Kier alpha value is -0.860. The first-order valence-electron chi connectivity index (χ1n) is 4.69. The maximum atomic E-state index is 6.03. The van der Waals surface area contributed by atoms with E-state index in [9.17, 15) is 0 Å². The second-order valence-electron chi connectivity index (χ2n) is 4.31. The average Bonchev–Trinajstić information content (AvgIpc) is 2.47. The minimum absolute atomic E-state index is 0.225.